The second-order valence-electron chi connectivity index (χ2n) is 4.87. The molecule has 21 heavy (non-hydrogen) atoms. The number of anilines is 1. The minimum atomic E-state index is -0.172. The minimum absolute atomic E-state index is 0.0240. The highest BCUT2D eigenvalue weighted by Crippen LogP contribution is 2.23. The lowest BCUT2D eigenvalue weighted by molar-refractivity contribution is -0.000875. The molecule has 1 saturated heterocycles. The fourth-order valence-electron chi connectivity index (χ4n) is 2.27. The highest BCUT2D eigenvalue weighted by molar-refractivity contribution is 6.35. The van der Waals surface area contributed by atoms with E-state index in [9.17, 15) is 4.79 Å². The Kier molecular flexibility index (Phi) is 6.11. The molecule has 5 nitrogen and oxygen atoms in total. The van der Waals surface area contributed by atoms with Gasteiger partial charge in [0.05, 0.1) is 19.3 Å². The molecule has 2 N–H and O–H groups in total. The Labute approximate surface area is 133 Å². The lowest BCUT2D eigenvalue weighted by Gasteiger charge is -2.31. The quantitative estimate of drug-likeness (QED) is 0.890. The van der Waals surface area contributed by atoms with Crippen LogP contribution >= 0.6 is 23.2 Å². The van der Waals surface area contributed by atoms with Crippen LogP contribution in [0.1, 0.15) is 12.8 Å². The summed E-state index contributed by atoms with van der Waals surface area (Å²) in [5.74, 6) is 0. The van der Waals surface area contributed by atoms with Crippen LogP contribution in [0.2, 0.25) is 10.0 Å². The van der Waals surface area contributed by atoms with E-state index in [0.717, 1.165) is 12.8 Å². The number of ether oxygens (including phenoxy) is 1. The van der Waals surface area contributed by atoms with Gasteiger partial charge in [0.15, 0.2) is 0 Å². The SMILES string of the molecule is O=C(Nc1cc(Cl)cc(Cl)c1)N1CCC(OCCO)CC1. The summed E-state index contributed by atoms with van der Waals surface area (Å²) >= 11 is 11.8. The van der Waals surface area contributed by atoms with Crippen molar-refractivity contribution in [1.82, 2.24) is 4.90 Å². The van der Waals surface area contributed by atoms with E-state index in [1.54, 1.807) is 23.1 Å². The zero-order valence-electron chi connectivity index (χ0n) is 11.5. The summed E-state index contributed by atoms with van der Waals surface area (Å²) in [4.78, 5) is 13.9. The zero-order chi connectivity index (χ0) is 15.2. The van der Waals surface area contributed by atoms with Crippen LogP contribution in [0.5, 0.6) is 0 Å². The molecular formula is C14H18Cl2N2O3. The van der Waals surface area contributed by atoms with Crippen molar-refractivity contribution in [3.63, 3.8) is 0 Å². The molecule has 0 radical (unpaired) electrons. The summed E-state index contributed by atoms with van der Waals surface area (Å²) in [5.41, 5.74) is 0.580. The van der Waals surface area contributed by atoms with E-state index in [1.807, 2.05) is 0 Å². The van der Waals surface area contributed by atoms with Gasteiger partial charge in [-0.1, -0.05) is 23.2 Å². The normalized spacial score (nSPS) is 16.0. The number of halogens is 2. The van der Waals surface area contributed by atoms with Gasteiger partial charge in [-0.05, 0) is 31.0 Å². The van der Waals surface area contributed by atoms with Crippen LogP contribution in [-0.2, 0) is 4.74 Å². The molecule has 116 valence electrons. The highest BCUT2D eigenvalue weighted by atomic mass is 35.5. The Bertz CT molecular complexity index is 471. The van der Waals surface area contributed by atoms with Crippen molar-refractivity contribution < 1.29 is 14.6 Å². The number of carbonyl (C=O) groups is 1. The number of piperidine rings is 1. The van der Waals surface area contributed by atoms with Crippen LogP contribution in [0.25, 0.3) is 0 Å². The molecule has 7 heteroatoms. The number of rotatable bonds is 4. The lowest BCUT2D eigenvalue weighted by Crippen LogP contribution is -2.43. The molecule has 0 saturated carbocycles. The van der Waals surface area contributed by atoms with E-state index in [-0.39, 0.29) is 18.7 Å². The molecule has 0 unspecified atom stereocenters. The predicted molar refractivity (Wildman–Crippen MR) is 83.1 cm³/mol. The van der Waals surface area contributed by atoms with Crippen molar-refractivity contribution in [3.8, 4) is 0 Å². The van der Waals surface area contributed by atoms with Crippen LogP contribution in [0.4, 0.5) is 10.5 Å². The van der Waals surface area contributed by atoms with Crippen molar-refractivity contribution in [2.45, 2.75) is 18.9 Å². The Morgan fingerprint density at radius 2 is 1.90 bits per heavy atom. The summed E-state index contributed by atoms with van der Waals surface area (Å²) in [6.07, 6.45) is 1.65. The van der Waals surface area contributed by atoms with Gasteiger partial charge in [-0.3, -0.25) is 0 Å². The van der Waals surface area contributed by atoms with Crippen LogP contribution in [-0.4, -0.2) is 48.4 Å². The maximum atomic E-state index is 12.2. The largest absolute Gasteiger partial charge is 0.394 e. The van der Waals surface area contributed by atoms with Gasteiger partial charge in [-0.2, -0.15) is 0 Å². The first kappa shape index (κ1) is 16.4. The van der Waals surface area contributed by atoms with Crippen molar-refractivity contribution in [3.05, 3.63) is 28.2 Å². The molecule has 1 aromatic carbocycles. The molecule has 2 rings (SSSR count). The molecule has 1 aliphatic heterocycles. The number of nitrogens with one attached hydrogen (secondary N) is 1. The number of hydrogen-bond acceptors (Lipinski definition) is 3. The number of urea groups is 1. The number of nitrogens with zero attached hydrogens (tertiary/aromatic N) is 1. The second-order valence-corrected chi connectivity index (χ2v) is 5.74. The highest BCUT2D eigenvalue weighted by Gasteiger charge is 2.23. The summed E-state index contributed by atoms with van der Waals surface area (Å²) < 4.78 is 5.47. The second kappa shape index (κ2) is 7.84. The lowest BCUT2D eigenvalue weighted by atomic mass is 10.1. The molecule has 0 atom stereocenters. The predicted octanol–water partition coefficient (Wildman–Crippen LogP) is 3.00. The molecule has 1 heterocycles. The molecule has 0 aromatic heterocycles. The van der Waals surface area contributed by atoms with Crippen molar-refractivity contribution >= 4 is 34.9 Å². The average Bonchev–Trinajstić information content (AvgIpc) is 2.44. The standard InChI is InChI=1S/C14H18Cl2N2O3/c15-10-7-11(16)9-12(8-10)17-14(20)18-3-1-13(2-4-18)21-6-5-19/h7-9,13,19H,1-6H2,(H,17,20). The third-order valence-electron chi connectivity index (χ3n) is 3.29. The van der Waals surface area contributed by atoms with Gasteiger partial charge in [0.25, 0.3) is 0 Å². The molecule has 0 spiro atoms. The maximum absolute atomic E-state index is 12.2. The molecule has 1 aliphatic rings. The molecule has 1 fully saturated rings. The maximum Gasteiger partial charge on any atom is 0.321 e. The van der Waals surface area contributed by atoms with Crippen molar-refractivity contribution in [2.24, 2.45) is 0 Å². The number of carbonyl (C=O) groups excluding carboxylic acids is 1. The smallest absolute Gasteiger partial charge is 0.321 e. The summed E-state index contributed by atoms with van der Waals surface area (Å²) in [7, 11) is 0. The molecule has 0 aliphatic carbocycles. The van der Waals surface area contributed by atoms with Gasteiger partial charge in [0, 0.05) is 28.8 Å². The number of aliphatic hydroxyl groups excluding tert-OH is 1. The fraction of sp³-hybridized carbons (Fsp3) is 0.500. The van der Waals surface area contributed by atoms with E-state index in [0.29, 0.717) is 35.4 Å². The Morgan fingerprint density at radius 3 is 2.48 bits per heavy atom. The fourth-order valence-corrected chi connectivity index (χ4v) is 2.80. The Balaban J connectivity index is 1.84. The Morgan fingerprint density at radius 1 is 1.29 bits per heavy atom. The van der Waals surface area contributed by atoms with Gasteiger partial charge < -0.3 is 20.1 Å². The topological polar surface area (TPSA) is 61.8 Å². The molecule has 2 amide bonds. The van der Waals surface area contributed by atoms with Crippen LogP contribution in [0.3, 0.4) is 0 Å². The van der Waals surface area contributed by atoms with E-state index in [4.69, 9.17) is 33.0 Å². The van der Waals surface area contributed by atoms with Crippen LogP contribution in [0.15, 0.2) is 18.2 Å². The molecule has 1 aromatic rings. The van der Waals surface area contributed by atoms with Crippen LogP contribution < -0.4 is 5.32 Å². The van der Waals surface area contributed by atoms with Gasteiger partial charge in [-0.25, -0.2) is 4.79 Å². The number of aliphatic hydroxyl groups is 1. The monoisotopic (exact) mass is 332 g/mol. The van der Waals surface area contributed by atoms with E-state index < -0.39 is 0 Å². The molecular weight excluding hydrogens is 315 g/mol. The van der Waals surface area contributed by atoms with E-state index >= 15 is 0 Å². The van der Waals surface area contributed by atoms with Gasteiger partial charge >= 0.3 is 6.03 Å². The van der Waals surface area contributed by atoms with Crippen molar-refractivity contribution in [1.29, 1.82) is 0 Å². The van der Waals surface area contributed by atoms with Gasteiger partial charge in [0.2, 0.25) is 0 Å². The van der Waals surface area contributed by atoms with Crippen molar-refractivity contribution in [2.75, 3.05) is 31.6 Å². The molecule has 0 bridgehead atoms. The van der Waals surface area contributed by atoms with Gasteiger partial charge in [0.1, 0.15) is 0 Å². The summed E-state index contributed by atoms with van der Waals surface area (Å²) in [6, 6.07) is 4.75. The first-order valence-corrected chi connectivity index (χ1v) is 7.58. The van der Waals surface area contributed by atoms with E-state index in [2.05, 4.69) is 5.32 Å². The summed E-state index contributed by atoms with van der Waals surface area (Å²) in [6.45, 7) is 1.61. The van der Waals surface area contributed by atoms with E-state index in [1.165, 1.54) is 0 Å². The third kappa shape index (κ3) is 5.04. The Hall–Kier alpha value is -1.01. The first-order valence-electron chi connectivity index (χ1n) is 6.83. The number of likely N-dealkylation sites (tertiary alicyclic amines) is 1. The zero-order valence-corrected chi connectivity index (χ0v) is 13.0. The summed E-state index contributed by atoms with van der Waals surface area (Å²) in [5, 5.41) is 12.5. The third-order valence-corrected chi connectivity index (χ3v) is 3.72. The number of hydrogen-bond donors (Lipinski definition) is 2. The average molecular weight is 333 g/mol. The van der Waals surface area contributed by atoms with Gasteiger partial charge in [-0.15, -0.1) is 0 Å². The van der Waals surface area contributed by atoms with Crippen LogP contribution in [0, 0.1) is 0 Å². The first-order chi connectivity index (χ1) is 10.1. The minimum Gasteiger partial charge on any atom is -0.394 e. The number of benzene rings is 1. The number of amides is 2.